The molecule has 126 valence electrons. The van der Waals surface area contributed by atoms with Gasteiger partial charge in [0, 0.05) is 6.61 Å². The van der Waals surface area contributed by atoms with E-state index in [9.17, 15) is 0 Å². The Morgan fingerprint density at radius 3 is 3.08 bits per heavy atom. The van der Waals surface area contributed by atoms with E-state index in [0.717, 1.165) is 47.9 Å². The zero-order valence-electron chi connectivity index (χ0n) is 13.4. The summed E-state index contributed by atoms with van der Waals surface area (Å²) >= 11 is 1.60. The molecular formula is C16H19N5O2S. The molecule has 1 saturated heterocycles. The Labute approximate surface area is 143 Å². The predicted octanol–water partition coefficient (Wildman–Crippen LogP) is 3.45. The number of hydrogen-bond donors (Lipinski definition) is 1. The van der Waals surface area contributed by atoms with Crippen molar-refractivity contribution in [3.05, 3.63) is 30.5 Å². The molecule has 1 aliphatic heterocycles. The molecule has 1 atom stereocenters. The third kappa shape index (κ3) is 2.87. The second-order valence-corrected chi connectivity index (χ2v) is 6.39. The van der Waals surface area contributed by atoms with E-state index >= 15 is 0 Å². The van der Waals surface area contributed by atoms with Crippen LogP contribution in [0.25, 0.3) is 11.2 Å². The van der Waals surface area contributed by atoms with Crippen molar-refractivity contribution >= 4 is 28.7 Å². The molecule has 3 aromatic heterocycles. The molecule has 8 heteroatoms. The first-order valence-electron chi connectivity index (χ1n) is 8.01. The number of thioether (sulfide) groups is 1. The average molecular weight is 345 g/mol. The SMILES string of the molecule is CSc1nc2c(NCc3ccco3)ncnc2n1C1CCCCO1. The summed E-state index contributed by atoms with van der Waals surface area (Å²) in [6, 6.07) is 3.79. The van der Waals surface area contributed by atoms with Gasteiger partial charge in [-0.25, -0.2) is 15.0 Å². The molecule has 0 aliphatic carbocycles. The molecule has 0 saturated carbocycles. The summed E-state index contributed by atoms with van der Waals surface area (Å²) in [5.41, 5.74) is 1.57. The number of furan rings is 1. The molecule has 1 aliphatic rings. The van der Waals surface area contributed by atoms with Crippen molar-refractivity contribution in [3.8, 4) is 0 Å². The van der Waals surface area contributed by atoms with Crippen LogP contribution in [0.15, 0.2) is 34.3 Å². The minimum atomic E-state index is -0.000904. The van der Waals surface area contributed by atoms with E-state index in [1.807, 2.05) is 18.4 Å². The molecule has 0 radical (unpaired) electrons. The Bertz CT molecular complexity index is 811. The standard InChI is InChI=1S/C16H19N5O2S/c1-24-16-20-13-14(17-9-11-5-4-8-22-11)18-10-19-15(13)21(16)12-6-2-3-7-23-12/h4-5,8,10,12H,2-3,6-7,9H2,1H3,(H,17,18,19). The van der Waals surface area contributed by atoms with Crippen LogP contribution in [0.2, 0.25) is 0 Å². The first kappa shape index (κ1) is 15.5. The fourth-order valence-corrected chi connectivity index (χ4v) is 3.52. The van der Waals surface area contributed by atoms with E-state index in [2.05, 4.69) is 19.9 Å². The molecule has 0 amide bonds. The van der Waals surface area contributed by atoms with Gasteiger partial charge >= 0.3 is 0 Å². The van der Waals surface area contributed by atoms with E-state index in [4.69, 9.17) is 14.1 Å². The molecule has 1 unspecified atom stereocenters. The number of anilines is 1. The lowest BCUT2D eigenvalue weighted by atomic mass is 10.2. The second-order valence-electron chi connectivity index (χ2n) is 5.62. The Kier molecular flexibility index (Phi) is 4.40. The van der Waals surface area contributed by atoms with Gasteiger partial charge in [0.05, 0.1) is 12.8 Å². The average Bonchev–Trinajstić information content (AvgIpc) is 3.28. The van der Waals surface area contributed by atoms with Crippen LogP contribution < -0.4 is 5.32 Å². The van der Waals surface area contributed by atoms with Gasteiger partial charge in [-0.2, -0.15) is 0 Å². The highest BCUT2D eigenvalue weighted by atomic mass is 32.2. The molecule has 1 N–H and O–H groups in total. The van der Waals surface area contributed by atoms with Gasteiger partial charge in [-0.3, -0.25) is 4.57 Å². The van der Waals surface area contributed by atoms with Crippen LogP contribution >= 0.6 is 11.8 Å². The zero-order chi connectivity index (χ0) is 16.4. The summed E-state index contributed by atoms with van der Waals surface area (Å²) < 4.78 is 13.4. The van der Waals surface area contributed by atoms with Crippen LogP contribution in [0.1, 0.15) is 31.3 Å². The number of aromatic nitrogens is 4. The molecule has 4 rings (SSSR count). The Morgan fingerprint density at radius 2 is 2.33 bits per heavy atom. The minimum absolute atomic E-state index is 0.000904. The summed E-state index contributed by atoms with van der Waals surface area (Å²) in [4.78, 5) is 13.5. The first-order valence-corrected chi connectivity index (χ1v) is 9.24. The Hall–Kier alpha value is -2.06. The molecule has 0 bridgehead atoms. The van der Waals surface area contributed by atoms with Crippen molar-refractivity contribution in [2.24, 2.45) is 0 Å². The number of rotatable bonds is 5. The summed E-state index contributed by atoms with van der Waals surface area (Å²) in [7, 11) is 0. The summed E-state index contributed by atoms with van der Waals surface area (Å²) in [6.45, 7) is 1.34. The smallest absolute Gasteiger partial charge is 0.172 e. The van der Waals surface area contributed by atoms with Gasteiger partial charge in [-0.1, -0.05) is 11.8 Å². The van der Waals surface area contributed by atoms with Crippen molar-refractivity contribution in [2.45, 2.75) is 37.2 Å². The van der Waals surface area contributed by atoms with Gasteiger partial charge in [-0.05, 0) is 37.7 Å². The van der Waals surface area contributed by atoms with Crippen molar-refractivity contribution in [1.29, 1.82) is 0 Å². The van der Waals surface area contributed by atoms with E-state index in [1.165, 1.54) is 0 Å². The number of nitrogens with zero attached hydrogens (tertiary/aromatic N) is 4. The van der Waals surface area contributed by atoms with Crippen LogP contribution in [-0.4, -0.2) is 32.4 Å². The monoisotopic (exact) mass is 345 g/mol. The Morgan fingerprint density at radius 1 is 1.38 bits per heavy atom. The van der Waals surface area contributed by atoms with E-state index in [-0.39, 0.29) is 6.23 Å². The number of imidazole rings is 1. The molecule has 24 heavy (non-hydrogen) atoms. The lowest BCUT2D eigenvalue weighted by molar-refractivity contribution is -0.0346. The zero-order valence-corrected chi connectivity index (χ0v) is 14.3. The Balaban J connectivity index is 1.70. The molecular weight excluding hydrogens is 326 g/mol. The largest absolute Gasteiger partial charge is 0.467 e. The van der Waals surface area contributed by atoms with Crippen LogP contribution in [0, 0.1) is 0 Å². The van der Waals surface area contributed by atoms with Gasteiger partial charge in [0.15, 0.2) is 22.1 Å². The summed E-state index contributed by atoms with van der Waals surface area (Å²) in [5, 5.41) is 4.19. The van der Waals surface area contributed by atoms with Crippen LogP contribution in [0.4, 0.5) is 5.82 Å². The fraction of sp³-hybridized carbons (Fsp3) is 0.438. The minimum Gasteiger partial charge on any atom is -0.467 e. The van der Waals surface area contributed by atoms with Crippen molar-refractivity contribution in [3.63, 3.8) is 0 Å². The molecule has 7 nitrogen and oxygen atoms in total. The van der Waals surface area contributed by atoms with Gasteiger partial charge in [0.1, 0.15) is 18.3 Å². The lowest BCUT2D eigenvalue weighted by Crippen LogP contribution is -2.19. The quantitative estimate of drug-likeness (QED) is 0.710. The molecule has 4 heterocycles. The maximum Gasteiger partial charge on any atom is 0.172 e. The van der Waals surface area contributed by atoms with E-state index in [1.54, 1.807) is 24.4 Å². The van der Waals surface area contributed by atoms with Crippen molar-refractivity contribution < 1.29 is 9.15 Å². The van der Waals surface area contributed by atoms with Gasteiger partial charge in [-0.15, -0.1) is 0 Å². The number of nitrogens with one attached hydrogen (secondary N) is 1. The van der Waals surface area contributed by atoms with E-state index in [0.29, 0.717) is 12.4 Å². The summed E-state index contributed by atoms with van der Waals surface area (Å²) in [5.74, 6) is 1.56. The highest BCUT2D eigenvalue weighted by molar-refractivity contribution is 7.98. The van der Waals surface area contributed by atoms with Crippen LogP contribution in [-0.2, 0) is 11.3 Å². The molecule has 1 fully saturated rings. The summed E-state index contributed by atoms with van der Waals surface area (Å²) in [6.07, 6.45) is 8.50. The normalized spacial score (nSPS) is 18.1. The number of fused-ring (bicyclic) bond motifs is 1. The molecule has 0 spiro atoms. The number of hydrogen-bond acceptors (Lipinski definition) is 7. The van der Waals surface area contributed by atoms with Crippen molar-refractivity contribution in [1.82, 2.24) is 19.5 Å². The second kappa shape index (κ2) is 6.82. The number of ether oxygens (including phenoxy) is 1. The van der Waals surface area contributed by atoms with Gasteiger partial charge in [0.2, 0.25) is 0 Å². The fourth-order valence-electron chi connectivity index (χ4n) is 2.93. The topological polar surface area (TPSA) is 78.0 Å². The van der Waals surface area contributed by atoms with Gasteiger partial charge < -0.3 is 14.5 Å². The molecule has 3 aromatic rings. The van der Waals surface area contributed by atoms with Crippen LogP contribution in [0.3, 0.4) is 0 Å². The highest BCUT2D eigenvalue weighted by Gasteiger charge is 2.24. The first-order chi connectivity index (χ1) is 11.9. The van der Waals surface area contributed by atoms with Crippen LogP contribution in [0.5, 0.6) is 0 Å². The third-order valence-corrected chi connectivity index (χ3v) is 4.73. The third-order valence-electron chi connectivity index (χ3n) is 4.08. The predicted molar refractivity (Wildman–Crippen MR) is 92.0 cm³/mol. The van der Waals surface area contributed by atoms with E-state index < -0.39 is 0 Å². The van der Waals surface area contributed by atoms with Gasteiger partial charge in [0.25, 0.3) is 0 Å². The molecule has 0 aromatic carbocycles. The lowest BCUT2D eigenvalue weighted by Gasteiger charge is -2.25. The highest BCUT2D eigenvalue weighted by Crippen LogP contribution is 2.32. The maximum absolute atomic E-state index is 5.95. The maximum atomic E-state index is 5.95. The van der Waals surface area contributed by atoms with Crippen molar-refractivity contribution in [2.75, 3.05) is 18.2 Å².